The van der Waals surface area contributed by atoms with Crippen LogP contribution >= 0.6 is 11.3 Å². The molecule has 2 heterocycles. The molecule has 2 aromatic carbocycles. The Morgan fingerprint density at radius 1 is 1.03 bits per heavy atom. The molecule has 2 aromatic heterocycles. The molecular formula is C27H26N2O4S. The standard InChI is InChI=1S/C27H26N2O4S/c1-5-33-27(32)24-21(19-9-7-6-8-10-19)15-34-26(24)28-22(30)14-29-23(31)13-17(3)20-12-16(2)11-18(4)25(20)29/h6-13,15H,5,14H2,1-4H3,(H,28,30). The van der Waals surface area contributed by atoms with Crippen LogP contribution in [0.4, 0.5) is 5.00 Å². The maximum absolute atomic E-state index is 13.1. The van der Waals surface area contributed by atoms with E-state index in [1.807, 2.05) is 68.6 Å². The average Bonchev–Trinajstić information content (AvgIpc) is 3.20. The fourth-order valence-electron chi connectivity index (χ4n) is 4.22. The highest BCUT2D eigenvalue weighted by Gasteiger charge is 2.23. The van der Waals surface area contributed by atoms with Gasteiger partial charge in [-0.25, -0.2) is 4.79 Å². The summed E-state index contributed by atoms with van der Waals surface area (Å²) in [5.41, 5.74) is 5.27. The lowest BCUT2D eigenvalue weighted by Gasteiger charge is -2.15. The lowest BCUT2D eigenvalue weighted by molar-refractivity contribution is -0.116. The Bertz CT molecular complexity index is 1450. The molecule has 1 N–H and O–H groups in total. The first-order valence-electron chi connectivity index (χ1n) is 11.1. The molecule has 0 fully saturated rings. The summed E-state index contributed by atoms with van der Waals surface area (Å²) in [5.74, 6) is -0.888. The van der Waals surface area contributed by atoms with Crippen LogP contribution in [0.5, 0.6) is 0 Å². The van der Waals surface area contributed by atoms with E-state index in [0.29, 0.717) is 16.1 Å². The molecule has 4 rings (SSSR count). The van der Waals surface area contributed by atoms with Crippen LogP contribution in [-0.2, 0) is 16.1 Å². The molecule has 7 heteroatoms. The number of hydrogen-bond donors (Lipinski definition) is 1. The van der Waals surface area contributed by atoms with Crippen molar-refractivity contribution in [3.63, 3.8) is 0 Å². The number of rotatable bonds is 6. The van der Waals surface area contributed by atoms with Crippen molar-refractivity contribution in [1.29, 1.82) is 0 Å². The van der Waals surface area contributed by atoms with E-state index in [9.17, 15) is 14.4 Å². The van der Waals surface area contributed by atoms with Crippen LogP contribution < -0.4 is 10.9 Å². The minimum absolute atomic E-state index is 0.166. The van der Waals surface area contributed by atoms with E-state index in [2.05, 4.69) is 5.32 Å². The van der Waals surface area contributed by atoms with Gasteiger partial charge in [0.15, 0.2) is 0 Å². The number of esters is 1. The molecule has 0 aliphatic heterocycles. The Hall–Kier alpha value is -3.71. The number of aryl methyl sites for hydroxylation is 3. The van der Waals surface area contributed by atoms with Crippen LogP contribution in [0.1, 0.15) is 34.0 Å². The second kappa shape index (κ2) is 9.65. The number of pyridine rings is 1. The Kier molecular flexibility index (Phi) is 6.65. The van der Waals surface area contributed by atoms with Gasteiger partial charge in [-0.05, 0) is 50.5 Å². The number of ether oxygens (including phenoxy) is 1. The van der Waals surface area contributed by atoms with E-state index in [0.717, 1.165) is 33.2 Å². The van der Waals surface area contributed by atoms with Gasteiger partial charge in [0.2, 0.25) is 5.91 Å². The van der Waals surface area contributed by atoms with Gasteiger partial charge in [0.1, 0.15) is 17.1 Å². The maximum Gasteiger partial charge on any atom is 0.341 e. The van der Waals surface area contributed by atoms with E-state index in [1.54, 1.807) is 13.0 Å². The minimum Gasteiger partial charge on any atom is -0.462 e. The van der Waals surface area contributed by atoms with E-state index in [1.165, 1.54) is 15.9 Å². The second-order valence-electron chi connectivity index (χ2n) is 8.22. The number of fused-ring (bicyclic) bond motifs is 1. The molecule has 0 saturated carbocycles. The summed E-state index contributed by atoms with van der Waals surface area (Å²) < 4.78 is 6.76. The molecule has 0 aliphatic carbocycles. The van der Waals surface area contributed by atoms with Crippen molar-refractivity contribution in [3.8, 4) is 11.1 Å². The highest BCUT2D eigenvalue weighted by Crippen LogP contribution is 2.36. The fraction of sp³-hybridized carbons (Fsp3) is 0.222. The quantitative estimate of drug-likeness (QED) is 0.376. The molecule has 0 spiro atoms. The molecule has 6 nitrogen and oxygen atoms in total. The third kappa shape index (κ3) is 4.52. The van der Waals surface area contributed by atoms with Gasteiger partial charge in [0.05, 0.1) is 12.1 Å². The lowest BCUT2D eigenvalue weighted by atomic mass is 10.0. The first-order valence-corrected chi connectivity index (χ1v) is 11.9. The van der Waals surface area contributed by atoms with Gasteiger partial charge in [-0.1, -0.05) is 42.0 Å². The van der Waals surface area contributed by atoms with Crippen molar-refractivity contribution in [3.05, 3.63) is 86.5 Å². The van der Waals surface area contributed by atoms with Crippen molar-refractivity contribution in [1.82, 2.24) is 4.57 Å². The summed E-state index contributed by atoms with van der Waals surface area (Å²) in [6.45, 7) is 7.64. The Morgan fingerprint density at radius 2 is 1.76 bits per heavy atom. The highest BCUT2D eigenvalue weighted by atomic mass is 32.1. The van der Waals surface area contributed by atoms with Gasteiger partial charge >= 0.3 is 5.97 Å². The lowest BCUT2D eigenvalue weighted by Crippen LogP contribution is -2.28. The van der Waals surface area contributed by atoms with Crippen molar-refractivity contribution in [2.24, 2.45) is 0 Å². The molecule has 0 radical (unpaired) electrons. The number of nitrogens with zero attached hydrogens (tertiary/aromatic N) is 1. The van der Waals surface area contributed by atoms with E-state index in [4.69, 9.17) is 4.74 Å². The molecule has 0 saturated heterocycles. The highest BCUT2D eigenvalue weighted by molar-refractivity contribution is 7.15. The Morgan fingerprint density at radius 3 is 2.47 bits per heavy atom. The van der Waals surface area contributed by atoms with Crippen LogP contribution in [0.2, 0.25) is 0 Å². The van der Waals surface area contributed by atoms with Crippen molar-refractivity contribution in [2.75, 3.05) is 11.9 Å². The number of anilines is 1. The number of amides is 1. The first kappa shape index (κ1) is 23.4. The van der Waals surface area contributed by atoms with Crippen LogP contribution in [0.3, 0.4) is 0 Å². The number of nitrogens with one attached hydrogen (secondary N) is 1. The third-order valence-corrected chi connectivity index (χ3v) is 6.55. The van der Waals surface area contributed by atoms with Crippen LogP contribution in [-0.4, -0.2) is 23.1 Å². The van der Waals surface area contributed by atoms with Gasteiger partial charge in [0.25, 0.3) is 5.56 Å². The molecule has 0 aliphatic rings. The predicted molar refractivity (Wildman–Crippen MR) is 137 cm³/mol. The summed E-state index contributed by atoms with van der Waals surface area (Å²) in [6.07, 6.45) is 0. The number of aromatic nitrogens is 1. The summed E-state index contributed by atoms with van der Waals surface area (Å²) in [5, 5.41) is 6.02. The summed E-state index contributed by atoms with van der Waals surface area (Å²) in [7, 11) is 0. The topological polar surface area (TPSA) is 77.4 Å². The molecule has 1 amide bonds. The van der Waals surface area contributed by atoms with Gasteiger partial charge in [-0.2, -0.15) is 0 Å². The number of hydrogen-bond acceptors (Lipinski definition) is 5. The normalized spacial score (nSPS) is 10.9. The molecule has 174 valence electrons. The van der Waals surface area contributed by atoms with E-state index < -0.39 is 5.97 Å². The van der Waals surface area contributed by atoms with Crippen LogP contribution in [0, 0.1) is 20.8 Å². The zero-order valence-corrected chi connectivity index (χ0v) is 20.4. The van der Waals surface area contributed by atoms with E-state index >= 15 is 0 Å². The summed E-state index contributed by atoms with van der Waals surface area (Å²) in [6, 6.07) is 15.1. The summed E-state index contributed by atoms with van der Waals surface area (Å²) in [4.78, 5) is 38.7. The predicted octanol–water partition coefficient (Wildman–Crippen LogP) is 5.47. The van der Waals surface area contributed by atoms with Crippen molar-refractivity contribution < 1.29 is 14.3 Å². The average molecular weight is 475 g/mol. The second-order valence-corrected chi connectivity index (χ2v) is 9.10. The molecule has 0 bridgehead atoms. The molecule has 34 heavy (non-hydrogen) atoms. The van der Waals surface area contributed by atoms with Gasteiger partial charge in [0, 0.05) is 22.4 Å². The summed E-state index contributed by atoms with van der Waals surface area (Å²) >= 11 is 1.26. The number of carbonyl (C=O) groups excluding carboxylic acids is 2. The fourth-order valence-corrected chi connectivity index (χ4v) is 5.20. The largest absolute Gasteiger partial charge is 0.462 e. The van der Waals surface area contributed by atoms with Gasteiger partial charge in [-0.3, -0.25) is 14.2 Å². The minimum atomic E-state index is -0.498. The molecular weight excluding hydrogens is 448 g/mol. The van der Waals surface area contributed by atoms with Crippen LogP contribution in [0.25, 0.3) is 22.0 Å². The van der Waals surface area contributed by atoms with Crippen molar-refractivity contribution in [2.45, 2.75) is 34.2 Å². The Balaban J connectivity index is 1.71. The molecule has 4 aromatic rings. The zero-order valence-electron chi connectivity index (χ0n) is 19.6. The zero-order chi connectivity index (χ0) is 24.4. The van der Waals surface area contributed by atoms with E-state index in [-0.39, 0.29) is 24.6 Å². The van der Waals surface area contributed by atoms with Gasteiger partial charge in [-0.15, -0.1) is 11.3 Å². The monoisotopic (exact) mass is 474 g/mol. The number of benzene rings is 2. The molecule has 0 atom stereocenters. The van der Waals surface area contributed by atoms with Gasteiger partial charge < -0.3 is 10.1 Å². The number of carbonyl (C=O) groups is 2. The maximum atomic E-state index is 13.1. The molecule has 0 unspecified atom stereocenters. The number of thiophene rings is 1. The third-order valence-electron chi connectivity index (χ3n) is 5.66. The van der Waals surface area contributed by atoms with Crippen LogP contribution in [0.15, 0.2) is 58.7 Å². The Labute approximate surface area is 201 Å². The smallest absolute Gasteiger partial charge is 0.341 e. The SMILES string of the molecule is CCOC(=O)c1c(-c2ccccc2)csc1NC(=O)Cn1c(=O)cc(C)c2cc(C)cc(C)c21. The first-order chi connectivity index (χ1) is 16.3. The van der Waals surface area contributed by atoms with Crippen molar-refractivity contribution >= 4 is 39.1 Å².